The molecule has 66 heavy (non-hydrogen) atoms. The van der Waals surface area contributed by atoms with E-state index in [9.17, 15) is 9.59 Å². The fraction of sp³-hybridized carbons (Fsp3) is 0.321. The van der Waals surface area contributed by atoms with Gasteiger partial charge in [0.25, 0.3) is 11.8 Å². The van der Waals surface area contributed by atoms with Gasteiger partial charge in [-0.3, -0.25) is 19.4 Å². The minimum atomic E-state index is -1.06. The van der Waals surface area contributed by atoms with Crippen LogP contribution < -0.4 is 10.6 Å². The second-order valence-corrected chi connectivity index (χ2v) is 17.6. The highest BCUT2D eigenvalue weighted by molar-refractivity contribution is 6.27. The highest BCUT2D eigenvalue weighted by Gasteiger charge is 2.29. The number of hydrogen-bond acceptors (Lipinski definition) is 8. The Kier molecular flexibility index (Phi) is 13.4. The zero-order valence-corrected chi connectivity index (χ0v) is 38.5. The standard InChI is InChI=1S/C56H60N4O6/c1-7-35(3)59-27-31-63-37(5)54(56(62)58-48-26-22-44-18-16-40-12-10-14-42-20-24-46(48)52(44)50(40)42)66-34-30-60(36(4)8-2)28-32-64-38(6)53(65-33-29-59)55(61)57-47-25-21-43-17-15-39-11-9-13-41-19-23-45(47)51(43)49(39)41/h9-26,35-36,53-54H,5-8,27-34H2,1-4H3,(H,57,61)(H,58,62). The number of nitrogens with zero attached hydrogens (tertiary/aromatic N) is 2. The van der Waals surface area contributed by atoms with Gasteiger partial charge in [-0.05, 0) is 92.7 Å². The number of benzene rings is 8. The van der Waals surface area contributed by atoms with Gasteiger partial charge < -0.3 is 29.6 Å². The monoisotopic (exact) mass is 884 g/mol. The molecule has 340 valence electrons. The molecule has 10 nitrogen and oxygen atoms in total. The molecule has 1 saturated heterocycles. The molecule has 8 aromatic carbocycles. The Morgan fingerprint density at radius 3 is 1.23 bits per heavy atom. The molecule has 0 aliphatic carbocycles. The molecule has 0 aromatic heterocycles. The molecule has 2 amide bonds. The first-order valence-corrected chi connectivity index (χ1v) is 23.4. The van der Waals surface area contributed by atoms with Crippen molar-refractivity contribution in [3.8, 4) is 0 Å². The zero-order valence-electron chi connectivity index (χ0n) is 38.5. The molecule has 0 saturated carbocycles. The number of carbonyl (C=O) groups excluding carboxylic acids is 2. The molecule has 9 rings (SSSR count). The summed E-state index contributed by atoms with van der Waals surface area (Å²) >= 11 is 0. The first-order chi connectivity index (χ1) is 32.1. The van der Waals surface area contributed by atoms with Gasteiger partial charge in [-0.2, -0.15) is 0 Å². The minimum absolute atomic E-state index is 0.177. The Morgan fingerprint density at radius 1 is 0.515 bits per heavy atom. The van der Waals surface area contributed by atoms with Crippen molar-refractivity contribution in [2.75, 3.05) is 63.2 Å². The maximum Gasteiger partial charge on any atom is 0.261 e. The third-order valence-corrected chi connectivity index (χ3v) is 13.7. The number of rotatable bonds is 8. The summed E-state index contributed by atoms with van der Waals surface area (Å²) < 4.78 is 25.5. The second kappa shape index (κ2) is 19.7. The molecular formula is C56H60N4O6. The van der Waals surface area contributed by atoms with E-state index < -0.39 is 12.2 Å². The van der Waals surface area contributed by atoms with Crippen LogP contribution in [-0.2, 0) is 28.5 Å². The van der Waals surface area contributed by atoms with Crippen molar-refractivity contribution in [2.45, 2.75) is 64.8 Å². The molecule has 8 aromatic rings. The summed E-state index contributed by atoms with van der Waals surface area (Å²) in [5.74, 6) is -0.217. The van der Waals surface area contributed by atoms with Crippen molar-refractivity contribution in [1.29, 1.82) is 0 Å². The van der Waals surface area contributed by atoms with Gasteiger partial charge in [-0.1, -0.05) is 124 Å². The highest BCUT2D eigenvalue weighted by Crippen LogP contribution is 2.39. The van der Waals surface area contributed by atoms with Crippen LogP contribution >= 0.6 is 0 Å². The van der Waals surface area contributed by atoms with Crippen LogP contribution in [0.3, 0.4) is 0 Å². The summed E-state index contributed by atoms with van der Waals surface area (Å²) in [5.41, 5.74) is 1.40. The number of anilines is 2. The lowest BCUT2D eigenvalue weighted by atomic mass is 9.93. The van der Waals surface area contributed by atoms with Crippen LogP contribution in [0, 0.1) is 0 Å². The topological polar surface area (TPSA) is 102 Å². The van der Waals surface area contributed by atoms with E-state index >= 15 is 0 Å². The highest BCUT2D eigenvalue weighted by atomic mass is 16.5. The molecule has 0 spiro atoms. The number of nitrogens with one attached hydrogen (secondary N) is 2. The number of carbonyl (C=O) groups is 2. The van der Waals surface area contributed by atoms with Gasteiger partial charge in [0.2, 0.25) is 0 Å². The predicted molar refractivity (Wildman–Crippen MR) is 270 cm³/mol. The Morgan fingerprint density at radius 2 is 0.848 bits per heavy atom. The largest absolute Gasteiger partial charge is 0.494 e. The molecule has 0 bridgehead atoms. The van der Waals surface area contributed by atoms with E-state index in [2.05, 4.69) is 158 Å². The second-order valence-electron chi connectivity index (χ2n) is 17.6. The molecule has 1 aliphatic rings. The van der Waals surface area contributed by atoms with Crippen molar-refractivity contribution in [2.24, 2.45) is 0 Å². The number of hydrogen-bond donors (Lipinski definition) is 2. The lowest BCUT2D eigenvalue weighted by molar-refractivity contribution is -0.129. The number of ether oxygens (including phenoxy) is 4. The van der Waals surface area contributed by atoms with E-state index in [0.717, 1.165) is 66.7 Å². The third kappa shape index (κ3) is 8.98. The van der Waals surface area contributed by atoms with E-state index in [1.807, 2.05) is 12.1 Å². The van der Waals surface area contributed by atoms with Crippen molar-refractivity contribution in [3.63, 3.8) is 0 Å². The minimum Gasteiger partial charge on any atom is -0.494 e. The molecule has 0 radical (unpaired) electrons. The Balaban J connectivity index is 0.936. The third-order valence-electron chi connectivity index (χ3n) is 13.7. The molecule has 1 fully saturated rings. The van der Waals surface area contributed by atoms with Crippen LogP contribution in [0.25, 0.3) is 64.6 Å². The van der Waals surface area contributed by atoms with Crippen molar-refractivity contribution in [1.82, 2.24) is 9.80 Å². The summed E-state index contributed by atoms with van der Waals surface area (Å²) in [6, 6.07) is 37.9. The lowest BCUT2D eigenvalue weighted by Crippen LogP contribution is -2.42. The Bertz CT molecular complexity index is 2800. The average molecular weight is 885 g/mol. The molecule has 4 atom stereocenters. The average Bonchev–Trinajstić information content (AvgIpc) is 3.33. The van der Waals surface area contributed by atoms with Crippen molar-refractivity contribution >= 4 is 87.8 Å². The van der Waals surface area contributed by atoms with Crippen LogP contribution in [0.5, 0.6) is 0 Å². The maximum absolute atomic E-state index is 14.4. The van der Waals surface area contributed by atoms with Gasteiger partial charge in [-0.15, -0.1) is 0 Å². The van der Waals surface area contributed by atoms with Crippen LogP contribution in [0.1, 0.15) is 40.5 Å². The predicted octanol–water partition coefficient (Wildman–Crippen LogP) is 11.1. The molecule has 2 N–H and O–H groups in total. The van der Waals surface area contributed by atoms with Gasteiger partial charge in [0.1, 0.15) is 24.7 Å². The Hall–Kier alpha value is -6.30. The maximum atomic E-state index is 14.4. The van der Waals surface area contributed by atoms with Gasteiger partial charge in [-0.25, -0.2) is 0 Å². The molecule has 1 heterocycles. The van der Waals surface area contributed by atoms with E-state index in [1.54, 1.807) is 0 Å². The van der Waals surface area contributed by atoms with Crippen LogP contribution in [0.15, 0.2) is 134 Å². The van der Waals surface area contributed by atoms with Crippen molar-refractivity contribution < 1.29 is 28.5 Å². The fourth-order valence-corrected chi connectivity index (χ4v) is 9.65. The summed E-state index contributed by atoms with van der Waals surface area (Å²) in [4.78, 5) is 33.2. The first kappa shape index (κ1) is 44.9. The summed E-state index contributed by atoms with van der Waals surface area (Å²) in [7, 11) is 0. The lowest BCUT2D eigenvalue weighted by Gasteiger charge is -2.31. The molecular weight excluding hydrogens is 825 g/mol. The molecule has 1 aliphatic heterocycles. The summed E-state index contributed by atoms with van der Waals surface area (Å²) in [6.07, 6.45) is -0.360. The normalized spacial score (nSPS) is 19.2. The van der Waals surface area contributed by atoms with E-state index in [4.69, 9.17) is 18.9 Å². The van der Waals surface area contributed by atoms with Gasteiger partial charge in [0.15, 0.2) is 12.2 Å². The quantitative estimate of drug-likeness (QED) is 0.146. The SMILES string of the molecule is C=C1OCCN(C(C)CC)CCOC(C(=O)Nc2ccc3ccc4cccc5ccc2c3c45)C(=C)OCCN(C(C)CC)CCOC1C(=O)Nc1ccc2ccc3cccc4ccc1c2c34. The van der Waals surface area contributed by atoms with Crippen LogP contribution in [0.2, 0.25) is 0 Å². The van der Waals surface area contributed by atoms with Gasteiger partial charge in [0.05, 0.1) is 13.2 Å². The summed E-state index contributed by atoms with van der Waals surface area (Å²) in [5, 5.41) is 19.7. The van der Waals surface area contributed by atoms with Crippen LogP contribution in [-0.4, -0.2) is 98.5 Å². The smallest absolute Gasteiger partial charge is 0.261 e. The van der Waals surface area contributed by atoms with E-state index in [1.165, 1.54) is 10.8 Å². The molecule has 4 unspecified atom stereocenters. The van der Waals surface area contributed by atoms with Gasteiger partial charge in [0, 0.05) is 60.4 Å². The number of amides is 2. The zero-order chi connectivity index (χ0) is 45.9. The van der Waals surface area contributed by atoms with Gasteiger partial charge >= 0.3 is 0 Å². The fourth-order valence-electron chi connectivity index (χ4n) is 9.65. The van der Waals surface area contributed by atoms with E-state index in [-0.39, 0.29) is 61.8 Å². The van der Waals surface area contributed by atoms with Crippen LogP contribution in [0.4, 0.5) is 11.4 Å². The molecule has 10 heteroatoms. The first-order valence-electron chi connectivity index (χ1n) is 23.4. The van der Waals surface area contributed by atoms with Crippen molar-refractivity contribution in [3.05, 3.63) is 134 Å². The summed E-state index contributed by atoms with van der Waals surface area (Å²) in [6.45, 7) is 20.2. The van der Waals surface area contributed by atoms with E-state index in [0.29, 0.717) is 37.6 Å². The Labute approximate surface area is 386 Å².